The van der Waals surface area contributed by atoms with Crippen LogP contribution in [-0.4, -0.2) is 85.5 Å². The molecule has 1 aliphatic rings. The number of nitrogens with one attached hydrogen (secondary N) is 3. The van der Waals surface area contributed by atoms with Crippen LogP contribution in [0.3, 0.4) is 0 Å². The van der Waals surface area contributed by atoms with Gasteiger partial charge in [-0.3, -0.25) is 19.2 Å². The lowest BCUT2D eigenvalue weighted by molar-refractivity contribution is -0.149. The van der Waals surface area contributed by atoms with Gasteiger partial charge in [-0.25, -0.2) is 9.78 Å². The van der Waals surface area contributed by atoms with Crippen molar-refractivity contribution in [3.8, 4) is 0 Å². The minimum absolute atomic E-state index is 0.0430. The van der Waals surface area contributed by atoms with E-state index in [0.29, 0.717) is 24.1 Å². The molecule has 1 aromatic carbocycles. The molecule has 3 rings (SSSR count). The van der Waals surface area contributed by atoms with Crippen LogP contribution >= 0.6 is 0 Å². The van der Waals surface area contributed by atoms with Crippen molar-refractivity contribution in [1.82, 2.24) is 25.5 Å². The molecule has 0 saturated carbocycles. The fraction of sp³-hybridized carbons (Fsp3) is 0.417. The van der Waals surface area contributed by atoms with Gasteiger partial charge in [-0.15, -0.1) is 0 Å². The van der Waals surface area contributed by atoms with E-state index < -0.39 is 60.2 Å². The monoisotopic (exact) mass is 514 g/mol. The molecular formula is C24H30N6O7. The van der Waals surface area contributed by atoms with Crippen molar-refractivity contribution in [2.24, 2.45) is 5.73 Å². The number of carboxylic acids is 2. The second-order valence-corrected chi connectivity index (χ2v) is 8.83. The SMILES string of the molecule is NC(Cc1cnc[nH]1)C(=O)NC(CC(=O)O)C(=O)NC(Cc1ccccc1)C(=O)N1CCCC1C(=O)O. The van der Waals surface area contributed by atoms with Gasteiger partial charge < -0.3 is 36.5 Å². The van der Waals surface area contributed by atoms with E-state index in [0.717, 1.165) is 0 Å². The highest BCUT2D eigenvalue weighted by Crippen LogP contribution is 2.20. The highest BCUT2D eigenvalue weighted by molar-refractivity contribution is 5.96. The smallest absolute Gasteiger partial charge is 0.326 e. The van der Waals surface area contributed by atoms with Gasteiger partial charge in [0.1, 0.15) is 18.1 Å². The lowest BCUT2D eigenvalue weighted by Gasteiger charge is -2.29. The van der Waals surface area contributed by atoms with E-state index in [1.165, 1.54) is 17.4 Å². The van der Waals surface area contributed by atoms with E-state index in [1.54, 1.807) is 30.3 Å². The number of amides is 3. The molecule has 13 nitrogen and oxygen atoms in total. The standard InChI is InChI=1S/C24H30N6O7/c25-16(10-15-12-26-13-27-15)21(33)28-17(11-20(31)32)22(34)29-18(9-14-5-2-1-3-6-14)23(35)30-8-4-7-19(30)24(36)37/h1-3,5-6,12-13,16-19H,4,7-11,25H2,(H,26,27)(H,28,33)(H,29,34)(H,31,32)(H,36,37). The molecule has 7 N–H and O–H groups in total. The van der Waals surface area contributed by atoms with E-state index in [-0.39, 0.29) is 19.4 Å². The van der Waals surface area contributed by atoms with Crippen molar-refractivity contribution in [3.63, 3.8) is 0 Å². The largest absolute Gasteiger partial charge is 0.481 e. The first-order valence-corrected chi connectivity index (χ1v) is 11.8. The number of carboxylic acid groups (broad SMARTS) is 2. The van der Waals surface area contributed by atoms with Crippen LogP contribution in [0.1, 0.15) is 30.5 Å². The van der Waals surface area contributed by atoms with Crippen molar-refractivity contribution in [1.29, 1.82) is 0 Å². The first kappa shape index (κ1) is 27.3. The lowest BCUT2D eigenvalue weighted by Crippen LogP contribution is -2.58. The van der Waals surface area contributed by atoms with Crippen LogP contribution in [0, 0.1) is 0 Å². The van der Waals surface area contributed by atoms with Crippen molar-refractivity contribution < 1.29 is 34.2 Å². The zero-order valence-electron chi connectivity index (χ0n) is 20.0. The van der Waals surface area contributed by atoms with Gasteiger partial charge in [0.15, 0.2) is 0 Å². The summed E-state index contributed by atoms with van der Waals surface area (Å²) in [6.45, 7) is 0.217. The maximum Gasteiger partial charge on any atom is 0.326 e. The molecule has 37 heavy (non-hydrogen) atoms. The summed E-state index contributed by atoms with van der Waals surface area (Å²) in [5.41, 5.74) is 7.19. The fourth-order valence-corrected chi connectivity index (χ4v) is 4.20. The van der Waals surface area contributed by atoms with Gasteiger partial charge in [0.25, 0.3) is 0 Å². The number of nitrogens with zero attached hydrogens (tertiary/aromatic N) is 2. The van der Waals surface area contributed by atoms with Crippen LogP contribution in [0.25, 0.3) is 0 Å². The summed E-state index contributed by atoms with van der Waals surface area (Å²) in [5.74, 6) is -4.74. The summed E-state index contributed by atoms with van der Waals surface area (Å²) in [5, 5.41) is 23.7. The van der Waals surface area contributed by atoms with Crippen LogP contribution in [0.15, 0.2) is 42.9 Å². The van der Waals surface area contributed by atoms with Crippen molar-refractivity contribution in [2.75, 3.05) is 6.54 Å². The first-order valence-electron chi connectivity index (χ1n) is 11.8. The highest BCUT2D eigenvalue weighted by Gasteiger charge is 2.38. The summed E-state index contributed by atoms with van der Waals surface area (Å²) in [7, 11) is 0. The Morgan fingerprint density at radius 3 is 2.38 bits per heavy atom. The number of imidazole rings is 1. The molecule has 0 radical (unpaired) electrons. The Balaban J connectivity index is 1.77. The molecule has 4 unspecified atom stereocenters. The minimum Gasteiger partial charge on any atom is -0.481 e. The number of benzene rings is 1. The molecule has 1 aromatic heterocycles. The number of hydrogen-bond acceptors (Lipinski definition) is 7. The zero-order valence-corrected chi connectivity index (χ0v) is 20.0. The van der Waals surface area contributed by atoms with E-state index >= 15 is 0 Å². The minimum atomic E-state index is -1.52. The van der Waals surface area contributed by atoms with E-state index in [1.807, 2.05) is 0 Å². The number of hydrogen-bond donors (Lipinski definition) is 6. The number of likely N-dealkylation sites (tertiary alicyclic amines) is 1. The Hall–Kier alpha value is -4.26. The van der Waals surface area contributed by atoms with E-state index in [2.05, 4.69) is 20.6 Å². The Morgan fingerprint density at radius 1 is 1.05 bits per heavy atom. The number of carbonyl (C=O) groups is 5. The van der Waals surface area contributed by atoms with Gasteiger partial charge >= 0.3 is 11.9 Å². The molecule has 0 spiro atoms. The molecule has 2 aromatic rings. The van der Waals surface area contributed by atoms with Gasteiger partial charge in [0, 0.05) is 31.3 Å². The number of carbonyl (C=O) groups excluding carboxylic acids is 3. The molecule has 3 amide bonds. The molecule has 1 saturated heterocycles. The van der Waals surface area contributed by atoms with E-state index in [4.69, 9.17) is 5.73 Å². The molecule has 0 aliphatic carbocycles. The predicted octanol–water partition coefficient (Wildman–Crippen LogP) is -0.958. The summed E-state index contributed by atoms with van der Waals surface area (Å²) in [6, 6.07) is 3.98. The maximum absolute atomic E-state index is 13.4. The summed E-state index contributed by atoms with van der Waals surface area (Å²) >= 11 is 0. The van der Waals surface area contributed by atoms with Crippen molar-refractivity contribution in [2.45, 2.75) is 56.3 Å². The summed E-state index contributed by atoms with van der Waals surface area (Å²) in [6.07, 6.45) is 3.06. The molecule has 1 fully saturated rings. The maximum atomic E-state index is 13.4. The third kappa shape index (κ3) is 7.61. The Kier molecular flexibility index (Phi) is 9.33. The third-order valence-electron chi connectivity index (χ3n) is 6.06. The van der Waals surface area contributed by atoms with Crippen LogP contribution in [-0.2, 0) is 36.8 Å². The second kappa shape index (κ2) is 12.6. The highest BCUT2D eigenvalue weighted by atomic mass is 16.4. The van der Waals surface area contributed by atoms with Gasteiger partial charge in [-0.05, 0) is 18.4 Å². The Labute approximate surface area is 212 Å². The summed E-state index contributed by atoms with van der Waals surface area (Å²) in [4.78, 5) is 70.1. The molecule has 2 heterocycles. The topological polar surface area (TPSA) is 208 Å². The number of nitrogens with two attached hydrogens (primary N) is 1. The predicted molar refractivity (Wildman–Crippen MR) is 129 cm³/mol. The first-order chi connectivity index (χ1) is 17.7. The number of aromatic nitrogens is 2. The normalized spacial score (nSPS) is 17.4. The number of aromatic amines is 1. The Bertz CT molecular complexity index is 1110. The number of H-pyrrole nitrogens is 1. The average Bonchev–Trinajstić information content (AvgIpc) is 3.55. The van der Waals surface area contributed by atoms with Crippen molar-refractivity contribution >= 4 is 29.7 Å². The second-order valence-electron chi connectivity index (χ2n) is 8.83. The number of aliphatic carboxylic acids is 2. The fourth-order valence-electron chi connectivity index (χ4n) is 4.20. The van der Waals surface area contributed by atoms with Crippen molar-refractivity contribution in [3.05, 3.63) is 54.1 Å². The van der Waals surface area contributed by atoms with Gasteiger partial charge in [-0.2, -0.15) is 0 Å². The zero-order chi connectivity index (χ0) is 26.9. The van der Waals surface area contributed by atoms with Gasteiger partial charge in [-0.1, -0.05) is 30.3 Å². The quantitative estimate of drug-likeness (QED) is 0.206. The van der Waals surface area contributed by atoms with E-state index in [9.17, 15) is 34.2 Å². The van der Waals surface area contributed by atoms with Crippen LogP contribution in [0.4, 0.5) is 0 Å². The van der Waals surface area contributed by atoms with Crippen LogP contribution in [0.5, 0.6) is 0 Å². The third-order valence-corrected chi connectivity index (χ3v) is 6.06. The average molecular weight is 515 g/mol. The van der Waals surface area contributed by atoms with Gasteiger partial charge in [0.05, 0.1) is 18.8 Å². The molecule has 4 atom stereocenters. The van der Waals surface area contributed by atoms with Crippen LogP contribution in [0.2, 0.25) is 0 Å². The molecule has 0 bridgehead atoms. The lowest BCUT2D eigenvalue weighted by atomic mass is 10.0. The number of rotatable bonds is 12. The summed E-state index contributed by atoms with van der Waals surface area (Å²) < 4.78 is 0. The van der Waals surface area contributed by atoms with Gasteiger partial charge in [0.2, 0.25) is 17.7 Å². The molecule has 198 valence electrons. The Morgan fingerprint density at radius 2 is 1.76 bits per heavy atom. The molecular weight excluding hydrogens is 484 g/mol. The molecule has 1 aliphatic heterocycles. The molecule has 13 heteroatoms. The van der Waals surface area contributed by atoms with Crippen LogP contribution < -0.4 is 16.4 Å².